The van der Waals surface area contributed by atoms with Gasteiger partial charge in [-0.05, 0) is 37.9 Å². The summed E-state index contributed by atoms with van der Waals surface area (Å²) < 4.78 is 0. The molecule has 3 nitrogen and oxygen atoms in total. The number of para-hydroxylation sites is 1. The second-order valence-electron chi connectivity index (χ2n) is 5.55. The van der Waals surface area contributed by atoms with Gasteiger partial charge in [0.2, 0.25) is 0 Å². The molecular formula is C16H20N2O. The van der Waals surface area contributed by atoms with Crippen LogP contribution >= 0.6 is 0 Å². The number of hydrogen-bond acceptors (Lipinski definition) is 2. The number of nitrogens with zero attached hydrogens (tertiary/aromatic N) is 1. The molecule has 0 spiro atoms. The molecule has 1 saturated heterocycles. The van der Waals surface area contributed by atoms with E-state index in [2.05, 4.69) is 41.1 Å². The lowest BCUT2D eigenvalue weighted by Crippen LogP contribution is -2.35. The molecule has 1 aliphatic rings. The van der Waals surface area contributed by atoms with Gasteiger partial charge in [-0.25, -0.2) is 0 Å². The Morgan fingerprint density at radius 2 is 2.26 bits per heavy atom. The van der Waals surface area contributed by atoms with Gasteiger partial charge in [-0.3, -0.25) is 4.90 Å². The van der Waals surface area contributed by atoms with Crippen molar-refractivity contribution in [1.29, 1.82) is 0 Å². The van der Waals surface area contributed by atoms with Gasteiger partial charge >= 0.3 is 0 Å². The lowest BCUT2D eigenvalue weighted by molar-refractivity contribution is -0.112. The maximum atomic E-state index is 11.0. The standard InChI is InChI=1S/C16H20N2O/c1-12-15(14-6-2-3-7-16(14)17-12)10-18-8-4-5-13(9-18)11-19/h2-3,6-7,11,13,17H,4-5,8-10H2,1H3. The Morgan fingerprint density at radius 3 is 3.11 bits per heavy atom. The number of hydrogen-bond donors (Lipinski definition) is 1. The largest absolute Gasteiger partial charge is 0.358 e. The van der Waals surface area contributed by atoms with E-state index in [9.17, 15) is 4.79 Å². The number of aldehydes is 1. The quantitative estimate of drug-likeness (QED) is 0.857. The van der Waals surface area contributed by atoms with Gasteiger partial charge < -0.3 is 9.78 Å². The van der Waals surface area contributed by atoms with Crippen molar-refractivity contribution < 1.29 is 4.79 Å². The highest BCUT2D eigenvalue weighted by Crippen LogP contribution is 2.25. The van der Waals surface area contributed by atoms with E-state index >= 15 is 0 Å². The van der Waals surface area contributed by atoms with Crippen LogP contribution in [0.2, 0.25) is 0 Å². The fourth-order valence-corrected chi connectivity index (χ4v) is 3.11. The van der Waals surface area contributed by atoms with Crippen molar-refractivity contribution in [3.05, 3.63) is 35.5 Å². The molecule has 3 rings (SSSR count). The Balaban J connectivity index is 1.84. The molecule has 1 N–H and O–H groups in total. The van der Waals surface area contributed by atoms with E-state index < -0.39 is 0 Å². The van der Waals surface area contributed by atoms with Crippen molar-refractivity contribution in [2.45, 2.75) is 26.3 Å². The number of H-pyrrole nitrogens is 1. The van der Waals surface area contributed by atoms with Gasteiger partial charge in [-0.2, -0.15) is 0 Å². The topological polar surface area (TPSA) is 36.1 Å². The van der Waals surface area contributed by atoms with Crippen LogP contribution < -0.4 is 0 Å². The van der Waals surface area contributed by atoms with Crippen molar-refractivity contribution in [3.8, 4) is 0 Å². The summed E-state index contributed by atoms with van der Waals surface area (Å²) in [5, 5.41) is 1.31. The lowest BCUT2D eigenvalue weighted by atomic mass is 9.99. The summed E-state index contributed by atoms with van der Waals surface area (Å²) >= 11 is 0. The minimum atomic E-state index is 0.222. The van der Waals surface area contributed by atoms with Gasteiger partial charge in [0, 0.05) is 35.6 Å². The zero-order chi connectivity index (χ0) is 13.2. The number of fused-ring (bicyclic) bond motifs is 1. The SMILES string of the molecule is Cc1[nH]c2ccccc2c1CN1CCCC(C=O)C1. The summed E-state index contributed by atoms with van der Waals surface area (Å²) in [6.45, 7) is 5.09. The molecule has 2 heterocycles. The number of piperidine rings is 1. The molecule has 0 bridgehead atoms. The van der Waals surface area contributed by atoms with Crippen molar-refractivity contribution in [3.63, 3.8) is 0 Å². The van der Waals surface area contributed by atoms with Gasteiger partial charge in [0.15, 0.2) is 0 Å². The molecule has 0 radical (unpaired) electrons. The molecule has 3 heteroatoms. The zero-order valence-electron chi connectivity index (χ0n) is 11.4. The number of carbonyl (C=O) groups excluding carboxylic acids is 1. The number of likely N-dealkylation sites (tertiary alicyclic amines) is 1. The van der Waals surface area contributed by atoms with Crippen LogP contribution in [-0.2, 0) is 11.3 Å². The van der Waals surface area contributed by atoms with Gasteiger partial charge in [0.05, 0.1) is 0 Å². The summed E-state index contributed by atoms with van der Waals surface area (Å²) in [6.07, 6.45) is 3.30. The predicted octanol–water partition coefficient (Wildman–Crippen LogP) is 2.89. The highest BCUT2D eigenvalue weighted by Gasteiger charge is 2.20. The van der Waals surface area contributed by atoms with Crippen LogP contribution in [0.5, 0.6) is 0 Å². The molecule has 19 heavy (non-hydrogen) atoms. The summed E-state index contributed by atoms with van der Waals surface area (Å²) in [7, 11) is 0. The van der Waals surface area contributed by atoms with Crippen molar-refractivity contribution in [2.75, 3.05) is 13.1 Å². The maximum absolute atomic E-state index is 11.0. The molecule has 1 unspecified atom stereocenters. The number of carbonyl (C=O) groups is 1. The van der Waals surface area contributed by atoms with Crippen LogP contribution in [0, 0.1) is 12.8 Å². The first kappa shape index (κ1) is 12.4. The summed E-state index contributed by atoms with van der Waals surface area (Å²) in [5.41, 5.74) is 3.83. The highest BCUT2D eigenvalue weighted by atomic mass is 16.1. The minimum absolute atomic E-state index is 0.222. The third-order valence-corrected chi connectivity index (χ3v) is 4.14. The van der Waals surface area contributed by atoms with Crippen LogP contribution in [0.15, 0.2) is 24.3 Å². The Labute approximate surface area is 113 Å². The number of rotatable bonds is 3. The second-order valence-corrected chi connectivity index (χ2v) is 5.55. The monoisotopic (exact) mass is 256 g/mol. The molecule has 0 amide bonds. The molecular weight excluding hydrogens is 236 g/mol. The molecule has 0 aliphatic carbocycles. The zero-order valence-corrected chi connectivity index (χ0v) is 11.4. The predicted molar refractivity (Wildman–Crippen MR) is 77.1 cm³/mol. The number of aromatic nitrogens is 1. The van der Waals surface area contributed by atoms with Crippen LogP contribution in [0.4, 0.5) is 0 Å². The minimum Gasteiger partial charge on any atom is -0.358 e. The molecule has 100 valence electrons. The fourth-order valence-electron chi connectivity index (χ4n) is 3.11. The lowest BCUT2D eigenvalue weighted by Gasteiger charge is -2.30. The smallest absolute Gasteiger partial charge is 0.124 e. The number of aryl methyl sites for hydroxylation is 1. The Morgan fingerprint density at radius 1 is 1.42 bits per heavy atom. The summed E-state index contributed by atoms with van der Waals surface area (Å²) in [6, 6.07) is 8.44. The molecule has 0 saturated carbocycles. The summed E-state index contributed by atoms with van der Waals surface area (Å²) in [4.78, 5) is 16.8. The van der Waals surface area contributed by atoms with Crippen LogP contribution in [0.25, 0.3) is 10.9 Å². The molecule has 1 aromatic carbocycles. The molecule has 1 aliphatic heterocycles. The number of nitrogens with one attached hydrogen (secondary N) is 1. The van der Waals surface area contributed by atoms with E-state index in [4.69, 9.17) is 0 Å². The van der Waals surface area contributed by atoms with Crippen LogP contribution in [0.1, 0.15) is 24.1 Å². The molecule has 1 fully saturated rings. The third kappa shape index (κ3) is 2.43. The van der Waals surface area contributed by atoms with Crippen molar-refractivity contribution >= 4 is 17.2 Å². The van der Waals surface area contributed by atoms with E-state index in [0.717, 1.165) is 38.8 Å². The van der Waals surface area contributed by atoms with Gasteiger partial charge in [0.25, 0.3) is 0 Å². The van der Waals surface area contributed by atoms with Crippen molar-refractivity contribution in [2.24, 2.45) is 5.92 Å². The average molecular weight is 256 g/mol. The van der Waals surface area contributed by atoms with Gasteiger partial charge in [-0.15, -0.1) is 0 Å². The van der Waals surface area contributed by atoms with Crippen molar-refractivity contribution in [1.82, 2.24) is 9.88 Å². The first-order valence-electron chi connectivity index (χ1n) is 7.02. The normalized spacial score (nSPS) is 20.8. The first-order chi connectivity index (χ1) is 9.28. The summed E-state index contributed by atoms with van der Waals surface area (Å²) in [5.74, 6) is 0.222. The third-order valence-electron chi connectivity index (χ3n) is 4.14. The second kappa shape index (κ2) is 5.17. The van der Waals surface area contributed by atoms with Crippen LogP contribution in [-0.4, -0.2) is 29.3 Å². The Kier molecular flexibility index (Phi) is 3.38. The van der Waals surface area contributed by atoms with E-state index in [0.29, 0.717) is 0 Å². The number of benzene rings is 1. The molecule has 1 aromatic heterocycles. The maximum Gasteiger partial charge on any atom is 0.124 e. The van der Waals surface area contributed by atoms with E-state index in [-0.39, 0.29) is 5.92 Å². The Hall–Kier alpha value is -1.61. The molecule has 1 atom stereocenters. The molecule has 2 aromatic rings. The Bertz CT molecular complexity index is 587. The van der Waals surface area contributed by atoms with E-state index in [1.807, 2.05) is 0 Å². The van der Waals surface area contributed by atoms with Gasteiger partial charge in [0.1, 0.15) is 6.29 Å². The van der Waals surface area contributed by atoms with E-state index in [1.165, 1.54) is 22.2 Å². The number of aromatic amines is 1. The first-order valence-corrected chi connectivity index (χ1v) is 7.02. The average Bonchev–Trinajstić information content (AvgIpc) is 2.76. The van der Waals surface area contributed by atoms with Gasteiger partial charge in [-0.1, -0.05) is 18.2 Å². The highest BCUT2D eigenvalue weighted by molar-refractivity contribution is 5.84. The fraction of sp³-hybridized carbons (Fsp3) is 0.438. The van der Waals surface area contributed by atoms with E-state index in [1.54, 1.807) is 0 Å². The van der Waals surface area contributed by atoms with Crippen LogP contribution in [0.3, 0.4) is 0 Å².